The number of nitrogens with one attached hydrogen (secondary N) is 1. The Morgan fingerprint density at radius 1 is 1.39 bits per heavy atom. The summed E-state index contributed by atoms with van der Waals surface area (Å²) in [7, 11) is 0. The van der Waals surface area contributed by atoms with Crippen LogP contribution in [0.1, 0.15) is 59.3 Å². The SMILES string of the molecule is CC(C)CCC(=O)NCCCN1CCCCC1C. The van der Waals surface area contributed by atoms with Crippen molar-refractivity contribution in [3.8, 4) is 0 Å². The van der Waals surface area contributed by atoms with Crippen LogP contribution in [0.25, 0.3) is 0 Å². The first-order valence-corrected chi connectivity index (χ1v) is 7.60. The Labute approximate surface area is 112 Å². The number of nitrogens with zero attached hydrogens (tertiary/aromatic N) is 1. The zero-order valence-electron chi connectivity index (χ0n) is 12.4. The second-order valence-electron chi connectivity index (χ2n) is 6.02. The summed E-state index contributed by atoms with van der Waals surface area (Å²) >= 11 is 0. The highest BCUT2D eigenvalue weighted by atomic mass is 16.1. The van der Waals surface area contributed by atoms with Crippen molar-refractivity contribution in [2.45, 2.75) is 65.3 Å². The monoisotopic (exact) mass is 254 g/mol. The van der Waals surface area contributed by atoms with Gasteiger partial charge in [0.05, 0.1) is 0 Å². The standard InChI is InChI=1S/C15H30N2O/c1-13(2)8-9-15(18)16-10-6-12-17-11-5-4-7-14(17)3/h13-14H,4-12H2,1-3H3,(H,16,18). The smallest absolute Gasteiger partial charge is 0.220 e. The predicted molar refractivity (Wildman–Crippen MR) is 76.6 cm³/mol. The molecule has 106 valence electrons. The minimum Gasteiger partial charge on any atom is -0.356 e. The summed E-state index contributed by atoms with van der Waals surface area (Å²) in [5.41, 5.74) is 0. The van der Waals surface area contributed by atoms with E-state index in [1.54, 1.807) is 0 Å². The molecule has 1 saturated heterocycles. The summed E-state index contributed by atoms with van der Waals surface area (Å²) in [6, 6.07) is 0.732. The van der Waals surface area contributed by atoms with Crippen LogP contribution in [0.5, 0.6) is 0 Å². The molecular weight excluding hydrogens is 224 g/mol. The number of carbonyl (C=O) groups is 1. The van der Waals surface area contributed by atoms with Crippen LogP contribution in [0.15, 0.2) is 0 Å². The summed E-state index contributed by atoms with van der Waals surface area (Å²) in [5.74, 6) is 0.834. The summed E-state index contributed by atoms with van der Waals surface area (Å²) in [4.78, 5) is 14.1. The van der Waals surface area contributed by atoms with Crippen molar-refractivity contribution in [1.82, 2.24) is 10.2 Å². The molecule has 0 aromatic heterocycles. The van der Waals surface area contributed by atoms with Crippen molar-refractivity contribution in [2.24, 2.45) is 5.92 Å². The molecule has 0 aliphatic carbocycles. The van der Waals surface area contributed by atoms with Gasteiger partial charge in [-0.3, -0.25) is 4.79 Å². The van der Waals surface area contributed by atoms with Gasteiger partial charge in [0.1, 0.15) is 0 Å². The highest BCUT2D eigenvalue weighted by molar-refractivity contribution is 5.75. The van der Waals surface area contributed by atoms with E-state index in [4.69, 9.17) is 0 Å². The summed E-state index contributed by atoms with van der Waals surface area (Å²) < 4.78 is 0. The van der Waals surface area contributed by atoms with E-state index >= 15 is 0 Å². The second-order valence-corrected chi connectivity index (χ2v) is 6.02. The minimum absolute atomic E-state index is 0.218. The van der Waals surface area contributed by atoms with Crippen molar-refractivity contribution in [3.05, 3.63) is 0 Å². The number of piperidine rings is 1. The molecule has 0 saturated carbocycles. The molecule has 1 aliphatic heterocycles. The Balaban J connectivity index is 2.02. The van der Waals surface area contributed by atoms with Crippen LogP contribution in [0, 0.1) is 5.92 Å². The van der Waals surface area contributed by atoms with Crippen LogP contribution in [0.4, 0.5) is 0 Å². The molecule has 1 unspecified atom stereocenters. The molecule has 18 heavy (non-hydrogen) atoms. The number of carbonyl (C=O) groups excluding carboxylic acids is 1. The summed E-state index contributed by atoms with van der Waals surface area (Å²) in [6.45, 7) is 9.84. The number of hydrogen-bond donors (Lipinski definition) is 1. The van der Waals surface area contributed by atoms with Crippen molar-refractivity contribution >= 4 is 5.91 Å². The zero-order valence-corrected chi connectivity index (χ0v) is 12.4. The molecule has 0 radical (unpaired) electrons. The van der Waals surface area contributed by atoms with Gasteiger partial charge < -0.3 is 10.2 Å². The lowest BCUT2D eigenvalue weighted by atomic mass is 10.0. The average Bonchev–Trinajstić information content (AvgIpc) is 2.34. The number of hydrogen-bond acceptors (Lipinski definition) is 2. The van der Waals surface area contributed by atoms with Crippen molar-refractivity contribution in [3.63, 3.8) is 0 Å². The van der Waals surface area contributed by atoms with E-state index in [2.05, 4.69) is 31.0 Å². The average molecular weight is 254 g/mol. The normalized spacial score (nSPS) is 21.2. The molecule has 0 spiro atoms. The van der Waals surface area contributed by atoms with Gasteiger partial charge in [-0.1, -0.05) is 20.3 Å². The van der Waals surface area contributed by atoms with E-state index in [0.717, 1.165) is 32.0 Å². The van der Waals surface area contributed by atoms with Crippen LogP contribution >= 0.6 is 0 Å². The van der Waals surface area contributed by atoms with E-state index in [0.29, 0.717) is 12.3 Å². The first-order chi connectivity index (χ1) is 8.59. The fraction of sp³-hybridized carbons (Fsp3) is 0.933. The van der Waals surface area contributed by atoms with Crippen molar-refractivity contribution in [2.75, 3.05) is 19.6 Å². The largest absolute Gasteiger partial charge is 0.356 e. The Bertz CT molecular complexity index is 241. The minimum atomic E-state index is 0.218. The van der Waals surface area contributed by atoms with Crippen LogP contribution < -0.4 is 5.32 Å². The molecular formula is C15H30N2O. The van der Waals surface area contributed by atoms with Crippen molar-refractivity contribution < 1.29 is 4.79 Å². The van der Waals surface area contributed by atoms with Gasteiger partial charge in [-0.25, -0.2) is 0 Å². The number of amides is 1. The molecule has 1 aliphatic rings. The van der Waals surface area contributed by atoms with Gasteiger partial charge in [0.25, 0.3) is 0 Å². The molecule has 1 fully saturated rings. The maximum atomic E-state index is 11.5. The van der Waals surface area contributed by atoms with E-state index < -0.39 is 0 Å². The number of likely N-dealkylation sites (tertiary alicyclic amines) is 1. The van der Waals surface area contributed by atoms with Gasteiger partial charge in [-0.05, 0) is 45.1 Å². The fourth-order valence-electron chi connectivity index (χ4n) is 2.51. The zero-order chi connectivity index (χ0) is 13.4. The Morgan fingerprint density at radius 3 is 2.83 bits per heavy atom. The van der Waals surface area contributed by atoms with E-state index in [1.165, 1.54) is 25.8 Å². The Hall–Kier alpha value is -0.570. The van der Waals surface area contributed by atoms with Gasteiger partial charge in [0.15, 0.2) is 0 Å². The molecule has 0 bridgehead atoms. The second kappa shape index (κ2) is 8.52. The predicted octanol–water partition coefficient (Wildman–Crippen LogP) is 2.80. The lowest BCUT2D eigenvalue weighted by Gasteiger charge is -2.33. The summed E-state index contributed by atoms with van der Waals surface area (Å²) in [5, 5.41) is 3.03. The lowest BCUT2D eigenvalue weighted by Crippen LogP contribution is -2.39. The Kier molecular flexibility index (Phi) is 7.33. The molecule has 1 atom stereocenters. The molecule has 1 heterocycles. The first kappa shape index (κ1) is 15.5. The first-order valence-electron chi connectivity index (χ1n) is 7.60. The van der Waals surface area contributed by atoms with Gasteiger partial charge in [0, 0.05) is 25.6 Å². The topological polar surface area (TPSA) is 32.3 Å². The van der Waals surface area contributed by atoms with Gasteiger partial charge >= 0.3 is 0 Å². The highest BCUT2D eigenvalue weighted by Crippen LogP contribution is 2.16. The summed E-state index contributed by atoms with van der Waals surface area (Å²) in [6.07, 6.45) is 6.81. The van der Waals surface area contributed by atoms with Crippen molar-refractivity contribution in [1.29, 1.82) is 0 Å². The molecule has 0 aromatic carbocycles. The van der Waals surface area contributed by atoms with E-state index in [-0.39, 0.29) is 5.91 Å². The quantitative estimate of drug-likeness (QED) is 0.709. The molecule has 3 nitrogen and oxygen atoms in total. The maximum absolute atomic E-state index is 11.5. The maximum Gasteiger partial charge on any atom is 0.220 e. The number of rotatable bonds is 7. The van der Waals surface area contributed by atoms with Gasteiger partial charge in [-0.2, -0.15) is 0 Å². The molecule has 3 heteroatoms. The van der Waals surface area contributed by atoms with E-state index in [9.17, 15) is 4.79 Å². The van der Waals surface area contributed by atoms with E-state index in [1.807, 2.05) is 0 Å². The highest BCUT2D eigenvalue weighted by Gasteiger charge is 2.17. The van der Waals surface area contributed by atoms with Gasteiger partial charge in [0.2, 0.25) is 5.91 Å². The van der Waals surface area contributed by atoms with Crippen LogP contribution in [0.3, 0.4) is 0 Å². The molecule has 1 amide bonds. The third-order valence-electron chi connectivity index (χ3n) is 3.83. The van der Waals surface area contributed by atoms with Crippen LogP contribution in [0.2, 0.25) is 0 Å². The molecule has 0 aromatic rings. The third-order valence-corrected chi connectivity index (χ3v) is 3.83. The fourth-order valence-corrected chi connectivity index (χ4v) is 2.51. The molecule has 1 N–H and O–H groups in total. The third kappa shape index (κ3) is 6.39. The lowest BCUT2D eigenvalue weighted by molar-refractivity contribution is -0.121. The molecule has 1 rings (SSSR count). The van der Waals surface area contributed by atoms with Crippen LogP contribution in [-0.4, -0.2) is 36.5 Å². The van der Waals surface area contributed by atoms with Crippen LogP contribution in [-0.2, 0) is 4.79 Å². The Morgan fingerprint density at radius 2 is 2.17 bits per heavy atom. The van der Waals surface area contributed by atoms with Gasteiger partial charge in [-0.15, -0.1) is 0 Å².